The fourth-order valence-electron chi connectivity index (χ4n) is 1.32. The Labute approximate surface area is 55.5 Å². The monoisotopic (exact) mass is 130 g/mol. The number of aliphatic hydroxyl groups is 1. The third-order valence-corrected chi connectivity index (χ3v) is 2.03. The molecule has 0 aromatic carbocycles. The van der Waals surface area contributed by atoms with Crippen LogP contribution in [0.4, 0.5) is 0 Å². The van der Waals surface area contributed by atoms with Crippen molar-refractivity contribution >= 4 is 0 Å². The third kappa shape index (κ3) is 1.23. The number of nitrogens with two attached hydrogens (primary N) is 1. The molecule has 3 nitrogen and oxygen atoms in total. The van der Waals surface area contributed by atoms with Gasteiger partial charge < -0.3 is 10.8 Å². The highest BCUT2D eigenvalue weighted by Gasteiger charge is 2.28. The van der Waals surface area contributed by atoms with Crippen LogP contribution >= 0.6 is 0 Å². The minimum Gasteiger partial charge on any atom is -0.391 e. The van der Waals surface area contributed by atoms with Crippen LogP contribution in [0.5, 0.6) is 0 Å². The first-order valence-corrected chi connectivity index (χ1v) is 3.34. The maximum Gasteiger partial charge on any atom is 0.0719 e. The number of likely N-dealkylation sites (tertiary alicyclic amines) is 1. The maximum absolute atomic E-state index is 9.24. The Morgan fingerprint density at radius 3 is 2.67 bits per heavy atom. The van der Waals surface area contributed by atoms with E-state index in [1.54, 1.807) is 0 Å². The van der Waals surface area contributed by atoms with Gasteiger partial charge in [0.15, 0.2) is 0 Å². The Kier molecular flexibility index (Phi) is 2.05. The van der Waals surface area contributed by atoms with Gasteiger partial charge >= 0.3 is 0 Å². The van der Waals surface area contributed by atoms with Crippen LogP contribution < -0.4 is 5.73 Å². The van der Waals surface area contributed by atoms with Gasteiger partial charge in [-0.25, -0.2) is 0 Å². The summed E-state index contributed by atoms with van der Waals surface area (Å²) in [6.07, 6.45) is 0.679. The minimum atomic E-state index is -0.194. The van der Waals surface area contributed by atoms with Gasteiger partial charge in [-0.2, -0.15) is 0 Å². The fourth-order valence-corrected chi connectivity index (χ4v) is 1.32. The first-order valence-electron chi connectivity index (χ1n) is 3.34. The smallest absolute Gasteiger partial charge is 0.0719 e. The standard InChI is InChI=1S/C6H14N2O/c1-8-3-2-6(9)5(8)4-7/h5-6,9H,2-4,7H2,1H3. The topological polar surface area (TPSA) is 49.5 Å². The first kappa shape index (κ1) is 6.99. The summed E-state index contributed by atoms with van der Waals surface area (Å²) in [5.74, 6) is 0. The molecule has 0 bridgehead atoms. The van der Waals surface area contributed by atoms with Gasteiger partial charge in [0, 0.05) is 19.1 Å². The van der Waals surface area contributed by atoms with Gasteiger partial charge in [0.25, 0.3) is 0 Å². The molecule has 1 rings (SSSR count). The van der Waals surface area contributed by atoms with Gasteiger partial charge in [0.05, 0.1) is 6.10 Å². The molecule has 0 aromatic heterocycles. The molecule has 0 radical (unpaired) electrons. The van der Waals surface area contributed by atoms with Crippen molar-refractivity contribution < 1.29 is 5.11 Å². The molecule has 1 saturated heterocycles. The lowest BCUT2D eigenvalue weighted by molar-refractivity contribution is 0.131. The molecular formula is C6H14N2O. The highest BCUT2D eigenvalue weighted by Crippen LogP contribution is 2.13. The van der Waals surface area contributed by atoms with Crippen LogP contribution in [0.15, 0.2) is 0 Å². The second-order valence-electron chi connectivity index (χ2n) is 2.64. The molecule has 2 unspecified atom stereocenters. The van der Waals surface area contributed by atoms with E-state index in [1.165, 1.54) is 0 Å². The largest absolute Gasteiger partial charge is 0.391 e. The van der Waals surface area contributed by atoms with E-state index in [1.807, 2.05) is 7.05 Å². The molecule has 0 aromatic rings. The predicted octanol–water partition coefficient (Wildman–Crippen LogP) is -0.990. The molecule has 1 fully saturated rings. The molecule has 1 aliphatic heterocycles. The van der Waals surface area contributed by atoms with Crippen LogP contribution in [-0.2, 0) is 0 Å². The van der Waals surface area contributed by atoms with Gasteiger partial charge in [-0.3, -0.25) is 4.90 Å². The van der Waals surface area contributed by atoms with Gasteiger partial charge in [0.1, 0.15) is 0 Å². The van der Waals surface area contributed by atoms with E-state index in [9.17, 15) is 5.11 Å². The van der Waals surface area contributed by atoms with Crippen molar-refractivity contribution in [1.29, 1.82) is 0 Å². The number of nitrogens with zero attached hydrogens (tertiary/aromatic N) is 1. The molecule has 54 valence electrons. The molecule has 3 N–H and O–H groups in total. The summed E-state index contributed by atoms with van der Waals surface area (Å²) in [4.78, 5) is 2.10. The summed E-state index contributed by atoms with van der Waals surface area (Å²) >= 11 is 0. The average molecular weight is 130 g/mol. The highest BCUT2D eigenvalue weighted by atomic mass is 16.3. The van der Waals surface area contributed by atoms with Crippen molar-refractivity contribution in [3.05, 3.63) is 0 Å². The van der Waals surface area contributed by atoms with E-state index in [4.69, 9.17) is 5.73 Å². The molecule has 2 atom stereocenters. The van der Waals surface area contributed by atoms with E-state index in [0.717, 1.165) is 13.0 Å². The zero-order valence-electron chi connectivity index (χ0n) is 5.75. The molecule has 0 aliphatic carbocycles. The molecule has 9 heavy (non-hydrogen) atoms. The van der Waals surface area contributed by atoms with Gasteiger partial charge in [-0.15, -0.1) is 0 Å². The summed E-state index contributed by atoms with van der Waals surface area (Å²) in [6, 6.07) is 0.199. The number of likely N-dealkylation sites (N-methyl/N-ethyl adjacent to an activating group) is 1. The number of rotatable bonds is 1. The van der Waals surface area contributed by atoms with Crippen LogP contribution in [0.3, 0.4) is 0 Å². The summed E-state index contributed by atoms with van der Waals surface area (Å²) < 4.78 is 0. The zero-order chi connectivity index (χ0) is 6.85. The number of hydrogen-bond acceptors (Lipinski definition) is 3. The van der Waals surface area contributed by atoms with E-state index in [-0.39, 0.29) is 12.1 Å². The first-order chi connectivity index (χ1) is 4.25. The van der Waals surface area contributed by atoms with Crippen LogP contribution in [-0.4, -0.2) is 42.3 Å². The van der Waals surface area contributed by atoms with E-state index < -0.39 is 0 Å². The number of hydrogen-bond donors (Lipinski definition) is 2. The Morgan fingerprint density at radius 2 is 2.44 bits per heavy atom. The van der Waals surface area contributed by atoms with Crippen molar-refractivity contribution in [3.63, 3.8) is 0 Å². The number of aliphatic hydroxyl groups excluding tert-OH is 1. The lowest BCUT2D eigenvalue weighted by atomic mass is 10.2. The second kappa shape index (κ2) is 2.64. The van der Waals surface area contributed by atoms with Crippen molar-refractivity contribution in [2.24, 2.45) is 5.73 Å². The van der Waals surface area contributed by atoms with Gasteiger partial charge in [-0.05, 0) is 13.5 Å². The summed E-state index contributed by atoms with van der Waals surface area (Å²) in [5, 5.41) is 9.24. The van der Waals surface area contributed by atoms with Crippen molar-refractivity contribution in [1.82, 2.24) is 4.90 Å². The second-order valence-corrected chi connectivity index (χ2v) is 2.64. The van der Waals surface area contributed by atoms with E-state index >= 15 is 0 Å². The van der Waals surface area contributed by atoms with Crippen LogP contribution in [0.25, 0.3) is 0 Å². The van der Waals surface area contributed by atoms with Crippen molar-refractivity contribution in [2.75, 3.05) is 20.1 Å². The molecule has 0 amide bonds. The SMILES string of the molecule is CN1CCC(O)C1CN. The lowest BCUT2D eigenvalue weighted by Gasteiger charge is -2.19. The van der Waals surface area contributed by atoms with Gasteiger partial charge in [-0.1, -0.05) is 0 Å². The molecular weight excluding hydrogens is 116 g/mol. The molecule has 1 heterocycles. The third-order valence-electron chi connectivity index (χ3n) is 2.03. The summed E-state index contributed by atoms with van der Waals surface area (Å²) in [6.45, 7) is 1.54. The highest BCUT2D eigenvalue weighted by molar-refractivity contribution is 4.84. The minimum absolute atomic E-state index is 0.194. The van der Waals surface area contributed by atoms with E-state index in [2.05, 4.69) is 4.90 Å². The van der Waals surface area contributed by atoms with Crippen LogP contribution in [0.2, 0.25) is 0 Å². The van der Waals surface area contributed by atoms with Crippen molar-refractivity contribution in [2.45, 2.75) is 18.6 Å². The van der Waals surface area contributed by atoms with Crippen molar-refractivity contribution in [3.8, 4) is 0 Å². The molecule has 1 aliphatic rings. The Hall–Kier alpha value is -0.120. The zero-order valence-corrected chi connectivity index (χ0v) is 5.75. The summed E-state index contributed by atoms with van der Waals surface area (Å²) in [7, 11) is 1.99. The average Bonchev–Trinajstić information content (AvgIpc) is 2.12. The fraction of sp³-hybridized carbons (Fsp3) is 1.00. The molecule has 0 spiro atoms. The Bertz CT molecular complexity index is 87.1. The van der Waals surface area contributed by atoms with E-state index in [0.29, 0.717) is 6.54 Å². The maximum atomic E-state index is 9.24. The van der Waals surface area contributed by atoms with Gasteiger partial charge in [0.2, 0.25) is 0 Å². The molecule has 3 heteroatoms. The van der Waals surface area contributed by atoms with Crippen LogP contribution in [0, 0.1) is 0 Å². The molecule has 0 saturated carbocycles. The summed E-state index contributed by atoms with van der Waals surface area (Å²) in [5.41, 5.74) is 5.41. The van der Waals surface area contributed by atoms with Crippen LogP contribution in [0.1, 0.15) is 6.42 Å². The predicted molar refractivity (Wildman–Crippen MR) is 36.1 cm³/mol. The Morgan fingerprint density at radius 1 is 1.78 bits per heavy atom. The lowest BCUT2D eigenvalue weighted by Crippen LogP contribution is -2.38. The Balaban J connectivity index is 2.44. The quantitative estimate of drug-likeness (QED) is 0.479. The normalized spacial score (nSPS) is 37.7.